The van der Waals surface area contributed by atoms with Crippen LogP contribution in [0.25, 0.3) is 0 Å². The molecule has 1 aliphatic heterocycles. The maximum Gasteiger partial charge on any atom is 0.0124 e. The largest absolute Gasteiger partial charge is 0.330 e. The van der Waals surface area contributed by atoms with Crippen LogP contribution in [0.5, 0.6) is 0 Å². The first-order valence-electron chi connectivity index (χ1n) is 8.41. The van der Waals surface area contributed by atoms with Gasteiger partial charge in [-0.2, -0.15) is 0 Å². The summed E-state index contributed by atoms with van der Waals surface area (Å²) in [6.45, 7) is 11.7. The van der Waals surface area contributed by atoms with Gasteiger partial charge in [-0.1, -0.05) is 33.1 Å². The smallest absolute Gasteiger partial charge is 0.0124 e. The molecule has 0 aromatic heterocycles. The molecule has 1 saturated heterocycles. The first-order valence-corrected chi connectivity index (χ1v) is 8.41. The standard InChI is InChI=1S/C16H33N3/c1-3-15-6-4-5-7-16(15)19-10-8-18(9-11-19)13-14(2)12-17/h14-16H,3-13,17H2,1-2H3. The normalized spacial score (nSPS) is 32.4. The zero-order valence-electron chi connectivity index (χ0n) is 13.0. The molecule has 0 spiro atoms. The minimum Gasteiger partial charge on any atom is -0.330 e. The van der Waals surface area contributed by atoms with E-state index in [0.29, 0.717) is 5.92 Å². The second-order valence-electron chi connectivity index (χ2n) is 6.70. The predicted octanol–water partition coefficient (Wildman–Crippen LogP) is 2.17. The van der Waals surface area contributed by atoms with Crippen LogP contribution in [0.2, 0.25) is 0 Å². The Morgan fingerprint density at radius 2 is 1.79 bits per heavy atom. The number of nitrogens with two attached hydrogens (primary N) is 1. The van der Waals surface area contributed by atoms with Gasteiger partial charge in [-0.15, -0.1) is 0 Å². The van der Waals surface area contributed by atoms with Crippen LogP contribution >= 0.6 is 0 Å². The lowest BCUT2D eigenvalue weighted by molar-refractivity contribution is 0.0443. The van der Waals surface area contributed by atoms with Crippen LogP contribution < -0.4 is 5.73 Å². The number of rotatable bonds is 5. The van der Waals surface area contributed by atoms with E-state index in [4.69, 9.17) is 5.73 Å². The third-order valence-corrected chi connectivity index (χ3v) is 5.24. The van der Waals surface area contributed by atoms with Gasteiger partial charge >= 0.3 is 0 Å². The topological polar surface area (TPSA) is 32.5 Å². The SMILES string of the molecule is CCC1CCCCC1N1CCN(CC(C)CN)CC1. The molecule has 2 N–H and O–H groups in total. The van der Waals surface area contributed by atoms with Crippen molar-refractivity contribution in [2.45, 2.75) is 52.0 Å². The molecule has 1 aliphatic carbocycles. The molecule has 3 nitrogen and oxygen atoms in total. The highest BCUT2D eigenvalue weighted by Gasteiger charge is 2.30. The minimum atomic E-state index is 0.643. The quantitative estimate of drug-likeness (QED) is 0.828. The summed E-state index contributed by atoms with van der Waals surface area (Å²) in [7, 11) is 0. The second kappa shape index (κ2) is 7.61. The highest BCUT2D eigenvalue weighted by Crippen LogP contribution is 2.31. The van der Waals surface area contributed by atoms with Crippen LogP contribution in [-0.2, 0) is 0 Å². The average Bonchev–Trinajstić information content (AvgIpc) is 2.48. The van der Waals surface area contributed by atoms with Crippen LogP contribution in [0.3, 0.4) is 0 Å². The molecule has 0 bridgehead atoms. The zero-order valence-corrected chi connectivity index (χ0v) is 13.0. The Labute approximate surface area is 119 Å². The Morgan fingerprint density at radius 1 is 1.11 bits per heavy atom. The molecule has 112 valence electrons. The van der Waals surface area contributed by atoms with E-state index >= 15 is 0 Å². The third kappa shape index (κ3) is 4.17. The average molecular weight is 267 g/mol. The molecule has 1 saturated carbocycles. The van der Waals surface area contributed by atoms with E-state index in [1.54, 1.807) is 0 Å². The van der Waals surface area contributed by atoms with Crippen LogP contribution in [0, 0.1) is 11.8 Å². The molecule has 1 heterocycles. The van der Waals surface area contributed by atoms with Crippen molar-refractivity contribution in [1.29, 1.82) is 0 Å². The molecule has 0 radical (unpaired) electrons. The fraction of sp³-hybridized carbons (Fsp3) is 1.00. The molecule has 3 atom stereocenters. The molecular formula is C16H33N3. The van der Waals surface area contributed by atoms with Crippen molar-refractivity contribution in [2.75, 3.05) is 39.3 Å². The Hall–Kier alpha value is -0.120. The van der Waals surface area contributed by atoms with Crippen molar-refractivity contribution in [2.24, 2.45) is 17.6 Å². The van der Waals surface area contributed by atoms with E-state index in [9.17, 15) is 0 Å². The highest BCUT2D eigenvalue weighted by molar-refractivity contribution is 4.86. The van der Waals surface area contributed by atoms with Crippen LogP contribution in [-0.4, -0.2) is 55.1 Å². The van der Waals surface area contributed by atoms with Gasteiger partial charge in [0.25, 0.3) is 0 Å². The number of piperazine rings is 1. The molecule has 0 aromatic rings. The van der Waals surface area contributed by atoms with E-state index in [2.05, 4.69) is 23.6 Å². The van der Waals surface area contributed by atoms with Gasteiger partial charge in [0, 0.05) is 38.8 Å². The summed E-state index contributed by atoms with van der Waals surface area (Å²) in [5.41, 5.74) is 5.73. The summed E-state index contributed by atoms with van der Waals surface area (Å²) in [5, 5.41) is 0. The molecule has 3 heteroatoms. The monoisotopic (exact) mass is 267 g/mol. The molecule has 2 aliphatic rings. The molecule has 2 rings (SSSR count). The molecular weight excluding hydrogens is 234 g/mol. The van der Waals surface area contributed by atoms with Crippen LogP contribution in [0.1, 0.15) is 46.0 Å². The van der Waals surface area contributed by atoms with Gasteiger partial charge in [0.15, 0.2) is 0 Å². The fourth-order valence-corrected chi connectivity index (χ4v) is 3.94. The molecule has 19 heavy (non-hydrogen) atoms. The summed E-state index contributed by atoms with van der Waals surface area (Å²) >= 11 is 0. The number of hydrogen-bond acceptors (Lipinski definition) is 3. The summed E-state index contributed by atoms with van der Waals surface area (Å²) in [4.78, 5) is 5.40. The Kier molecular flexibility index (Phi) is 6.11. The lowest BCUT2D eigenvalue weighted by Gasteiger charge is -2.44. The summed E-state index contributed by atoms with van der Waals surface area (Å²) < 4.78 is 0. The molecule has 3 unspecified atom stereocenters. The van der Waals surface area contributed by atoms with E-state index in [-0.39, 0.29) is 0 Å². The van der Waals surface area contributed by atoms with Gasteiger partial charge in [0.05, 0.1) is 0 Å². The zero-order chi connectivity index (χ0) is 13.7. The Bertz CT molecular complexity index is 248. The van der Waals surface area contributed by atoms with Crippen molar-refractivity contribution < 1.29 is 0 Å². The molecule has 0 amide bonds. The van der Waals surface area contributed by atoms with Crippen LogP contribution in [0.4, 0.5) is 0 Å². The minimum absolute atomic E-state index is 0.643. The van der Waals surface area contributed by atoms with Gasteiger partial charge in [-0.3, -0.25) is 4.90 Å². The first kappa shape index (κ1) is 15.3. The van der Waals surface area contributed by atoms with Gasteiger partial charge in [-0.25, -0.2) is 0 Å². The van der Waals surface area contributed by atoms with Gasteiger partial charge < -0.3 is 10.6 Å². The van der Waals surface area contributed by atoms with Gasteiger partial charge in [0.2, 0.25) is 0 Å². The van der Waals surface area contributed by atoms with Crippen molar-refractivity contribution in [3.05, 3.63) is 0 Å². The molecule has 0 aromatic carbocycles. The Morgan fingerprint density at radius 3 is 2.42 bits per heavy atom. The summed E-state index contributed by atoms with van der Waals surface area (Å²) in [6, 6.07) is 0.882. The van der Waals surface area contributed by atoms with Crippen LogP contribution in [0.15, 0.2) is 0 Å². The van der Waals surface area contributed by atoms with Crippen molar-refractivity contribution >= 4 is 0 Å². The lowest BCUT2D eigenvalue weighted by Crippen LogP contribution is -2.53. The third-order valence-electron chi connectivity index (χ3n) is 5.24. The Balaban J connectivity index is 1.78. The van der Waals surface area contributed by atoms with Crippen molar-refractivity contribution in [3.63, 3.8) is 0 Å². The maximum absolute atomic E-state index is 5.73. The van der Waals surface area contributed by atoms with Crippen molar-refractivity contribution in [3.8, 4) is 0 Å². The van der Waals surface area contributed by atoms with E-state index in [0.717, 1.165) is 18.5 Å². The predicted molar refractivity (Wildman–Crippen MR) is 82.3 cm³/mol. The first-order chi connectivity index (χ1) is 9.24. The number of hydrogen-bond donors (Lipinski definition) is 1. The van der Waals surface area contributed by atoms with Gasteiger partial charge in [0.1, 0.15) is 0 Å². The van der Waals surface area contributed by atoms with Crippen molar-refractivity contribution in [1.82, 2.24) is 9.80 Å². The maximum atomic E-state index is 5.73. The fourth-order valence-electron chi connectivity index (χ4n) is 3.94. The van der Waals surface area contributed by atoms with E-state index < -0.39 is 0 Å². The van der Waals surface area contributed by atoms with E-state index in [1.807, 2.05) is 0 Å². The second-order valence-corrected chi connectivity index (χ2v) is 6.70. The molecule has 2 fully saturated rings. The lowest BCUT2D eigenvalue weighted by atomic mass is 9.81. The highest BCUT2D eigenvalue weighted by atomic mass is 15.3. The number of nitrogens with zero attached hydrogens (tertiary/aromatic N) is 2. The van der Waals surface area contributed by atoms with E-state index in [1.165, 1.54) is 64.8 Å². The summed E-state index contributed by atoms with van der Waals surface area (Å²) in [6.07, 6.45) is 7.19. The summed E-state index contributed by atoms with van der Waals surface area (Å²) in [5.74, 6) is 1.60. The van der Waals surface area contributed by atoms with Gasteiger partial charge in [-0.05, 0) is 31.2 Å².